The second kappa shape index (κ2) is 7.48. The molecule has 7 heteroatoms. The molecule has 0 saturated heterocycles. The third-order valence-electron chi connectivity index (χ3n) is 3.61. The first-order chi connectivity index (χ1) is 12.1. The van der Waals surface area contributed by atoms with Crippen molar-refractivity contribution in [2.24, 2.45) is 7.05 Å². The topological polar surface area (TPSA) is 89.2 Å². The van der Waals surface area contributed by atoms with Gasteiger partial charge in [-0.1, -0.05) is 30.3 Å². The third-order valence-corrected chi connectivity index (χ3v) is 3.61. The Morgan fingerprint density at radius 1 is 1.16 bits per heavy atom. The first kappa shape index (κ1) is 16.5. The van der Waals surface area contributed by atoms with E-state index in [4.69, 9.17) is 4.42 Å². The fourth-order valence-electron chi connectivity index (χ4n) is 2.39. The summed E-state index contributed by atoms with van der Waals surface area (Å²) in [6.45, 7) is 0. The van der Waals surface area contributed by atoms with Crippen molar-refractivity contribution in [1.29, 1.82) is 0 Å². The van der Waals surface area contributed by atoms with Gasteiger partial charge in [-0.3, -0.25) is 14.3 Å². The quantitative estimate of drug-likeness (QED) is 0.719. The van der Waals surface area contributed by atoms with E-state index in [1.807, 2.05) is 30.3 Å². The number of benzene rings is 1. The van der Waals surface area contributed by atoms with Gasteiger partial charge in [-0.2, -0.15) is 5.10 Å². The molecule has 0 aliphatic heterocycles. The van der Waals surface area contributed by atoms with E-state index in [2.05, 4.69) is 15.7 Å². The van der Waals surface area contributed by atoms with E-state index in [0.717, 1.165) is 5.56 Å². The maximum absolute atomic E-state index is 12.6. The van der Waals surface area contributed by atoms with Gasteiger partial charge in [0.15, 0.2) is 11.6 Å². The van der Waals surface area contributed by atoms with Crippen LogP contribution in [-0.4, -0.2) is 27.6 Å². The maximum Gasteiger partial charge on any atom is 0.287 e. The van der Waals surface area contributed by atoms with Gasteiger partial charge < -0.3 is 15.1 Å². The average Bonchev–Trinajstić information content (AvgIpc) is 3.27. The molecule has 0 radical (unpaired) electrons. The Morgan fingerprint density at radius 2 is 1.96 bits per heavy atom. The zero-order valence-electron chi connectivity index (χ0n) is 13.7. The van der Waals surface area contributed by atoms with E-state index >= 15 is 0 Å². The van der Waals surface area contributed by atoms with Crippen LogP contribution in [0.15, 0.2) is 65.4 Å². The van der Waals surface area contributed by atoms with Gasteiger partial charge >= 0.3 is 0 Å². The molecule has 3 aromatic rings. The lowest BCUT2D eigenvalue weighted by atomic mass is 10.1. The lowest BCUT2D eigenvalue weighted by Crippen LogP contribution is -2.45. The highest BCUT2D eigenvalue weighted by Crippen LogP contribution is 2.09. The highest BCUT2D eigenvalue weighted by Gasteiger charge is 2.23. The standard InChI is InChI=1S/C18H18N4O3/c1-22-10-9-16(21-22)20-17(23)14(12-13-6-3-2-4-7-13)19-18(24)15-8-5-11-25-15/h2-11,14H,12H2,1H3,(H,19,24)(H,20,21,23)/t14-/m0/s1. The number of hydrogen-bond donors (Lipinski definition) is 2. The highest BCUT2D eigenvalue weighted by molar-refractivity contribution is 5.99. The summed E-state index contributed by atoms with van der Waals surface area (Å²) in [5.41, 5.74) is 0.934. The second-order valence-corrected chi connectivity index (χ2v) is 5.56. The van der Waals surface area contributed by atoms with Gasteiger partial charge in [-0.05, 0) is 17.7 Å². The molecule has 0 spiro atoms. The summed E-state index contributed by atoms with van der Waals surface area (Å²) in [6.07, 6.45) is 3.49. The number of nitrogens with one attached hydrogen (secondary N) is 2. The lowest BCUT2D eigenvalue weighted by Gasteiger charge is -2.17. The van der Waals surface area contributed by atoms with Crippen molar-refractivity contribution in [3.05, 3.63) is 72.3 Å². The third kappa shape index (κ3) is 4.35. The van der Waals surface area contributed by atoms with Crippen LogP contribution >= 0.6 is 0 Å². The van der Waals surface area contributed by atoms with Gasteiger partial charge in [0.2, 0.25) is 5.91 Å². The number of carbonyl (C=O) groups excluding carboxylic acids is 2. The van der Waals surface area contributed by atoms with E-state index in [9.17, 15) is 9.59 Å². The van der Waals surface area contributed by atoms with Crippen molar-refractivity contribution < 1.29 is 14.0 Å². The molecule has 2 N–H and O–H groups in total. The zero-order chi connectivity index (χ0) is 17.6. The lowest BCUT2D eigenvalue weighted by molar-refractivity contribution is -0.118. The molecule has 0 aliphatic rings. The molecule has 7 nitrogen and oxygen atoms in total. The number of aromatic nitrogens is 2. The summed E-state index contributed by atoms with van der Waals surface area (Å²) >= 11 is 0. The van der Waals surface area contributed by atoms with Gasteiger partial charge in [0.25, 0.3) is 5.91 Å². The van der Waals surface area contributed by atoms with Gasteiger partial charge in [-0.25, -0.2) is 0 Å². The number of hydrogen-bond acceptors (Lipinski definition) is 4. The van der Waals surface area contributed by atoms with Crippen LogP contribution in [0, 0.1) is 0 Å². The molecule has 0 aliphatic carbocycles. The fraction of sp³-hybridized carbons (Fsp3) is 0.167. The number of rotatable bonds is 6. The molecule has 0 bridgehead atoms. The van der Waals surface area contributed by atoms with Crippen molar-refractivity contribution >= 4 is 17.6 Å². The summed E-state index contributed by atoms with van der Waals surface area (Å²) in [4.78, 5) is 24.9. The van der Waals surface area contributed by atoms with Crippen LogP contribution in [0.5, 0.6) is 0 Å². The SMILES string of the molecule is Cn1ccc(NC(=O)[C@H](Cc2ccccc2)NC(=O)c2ccco2)n1. The van der Waals surface area contributed by atoms with Crippen LogP contribution in [0.1, 0.15) is 16.1 Å². The zero-order valence-corrected chi connectivity index (χ0v) is 13.7. The Bertz CT molecular complexity index is 840. The van der Waals surface area contributed by atoms with Crippen molar-refractivity contribution in [3.8, 4) is 0 Å². The van der Waals surface area contributed by atoms with Crippen LogP contribution in [0.4, 0.5) is 5.82 Å². The van der Waals surface area contributed by atoms with Crippen molar-refractivity contribution in [2.45, 2.75) is 12.5 Å². The largest absolute Gasteiger partial charge is 0.459 e. The minimum atomic E-state index is -0.762. The number of furan rings is 1. The Hall–Kier alpha value is -3.35. The molecule has 2 aromatic heterocycles. The second-order valence-electron chi connectivity index (χ2n) is 5.56. The number of aryl methyl sites for hydroxylation is 1. The molecule has 1 atom stereocenters. The average molecular weight is 338 g/mol. The Morgan fingerprint density at radius 3 is 2.60 bits per heavy atom. The number of carbonyl (C=O) groups is 2. The number of nitrogens with zero attached hydrogens (tertiary/aromatic N) is 2. The smallest absolute Gasteiger partial charge is 0.287 e. The first-order valence-corrected chi connectivity index (χ1v) is 7.80. The predicted molar refractivity (Wildman–Crippen MR) is 91.9 cm³/mol. The molecule has 2 heterocycles. The summed E-state index contributed by atoms with van der Waals surface area (Å²) in [6, 6.07) is 13.6. The van der Waals surface area contributed by atoms with Gasteiger partial charge in [0.05, 0.1) is 6.26 Å². The molecular formula is C18H18N4O3. The van der Waals surface area contributed by atoms with Gasteiger partial charge in [-0.15, -0.1) is 0 Å². The molecular weight excluding hydrogens is 320 g/mol. The Kier molecular flexibility index (Phi) is 4.94. The van der Waals surface area contributed by atoms with Crippen LogP contribution in [-0.2, 0) is 18.3 Å². The number of amides is 2. The molecule has 128 valence electrons. The van der Waals surface area contributed by atoms with Crippen LogP contribution in [0.3, 0.4) is 0 Å². The van der Waals surface area contributed by atoms with Crippen LogP contribution in [0.25, 0.3) is 0 Å². The molecule has 25 heavy (non-hydrogen) atoms. The van der Waals surface area contributed by atoms with E-state index in [1.165, 1.54) is 6.26 Å². The number of anilines is 1. The summed E-state index contributed by atoms with van der Waals surface area (Å²) in [7, 11) is 1.76. The summed E-state index contributed by atoms with van der Waals surface area (Å²) < 4.78 is 6.67. The molecule has 0 unspecified atom stereocenters. The van der Waals surface area contributed by atoms with Crippen LogP contribution < -0.4 is 10.6 Å². The Balaban J connectivity index is 1.75. The molecule has 3 rings (SSSR count). The van der Waals surface area contributed by atoms with E-state index in [0.29, 0.717) is 12.2 Å². The summed E-state index contributed by atoms with van der Waals surface area (Å²) in [5, 5.41) is 9.56. The fourth-order valence-corrected chi connectivity index (χ4v) is 2.39. The first-order valence-electron chi connectivity index (χ1n) is 7.80. The van der Waals surface area contributed by atoms with Crippen LogP contribution in [0.2, 0.25) is 0 Å². The van der Waals surface area contributed by atoms with Crippen molar-refractivity contribution in [1.82, 2.24) is 15.1 Å². The molecule has 0 saturated carbocycles. The van der Waals surface area contributed by atoms with Crippen molar-refractivity contribution in [3.63, 3.8) is 0 Å². The minimum absolute atomic E-state index is 0.156. The molecule has 0 fully saturated rings. The Labute approximate surface area is 144 Å². The van der Waals surface area contributed by atoms with Gasteiger partial charge in [0, 0.05) is 25.7 Å². The van der Waals surface area contributed by atoms with Gasteiger partial charge in [0.1, 0.15) is 6.04 Å². The van der Waals surface area contributed by atoms with E-state index in [-0.39, 0.29) is 11.7 Å². The molecule has 1 aromatic carbocycles. The maximum atomic E-state index is 12.6. The molecule has 2 amide bonds. The van der Waals surface area contributed by atoms with E-state index < -0.39 is 11.9 Å². The normalized spacial score (nSPS) is 11.7. The predicted octanol–water partition coefficient (Wildman–Crippen LogP) is 1.99. The summed E-state index contributed by atoms with van der Waals surface area (Å²) in [5.74, 6) is -0.203. The minimum Gasteiger partial charge on any atom is -0.459 e. The van der Waals surface area contributed by atoms with Crippen molar-refractivity contribution in [2.75, 3.05) is 5.32 Å². The highest BCUT2D eigenvalue weighted by atomic mass is 16.3. The monoisotopic (exact) mass is 338 g/mol. The van der Waals surface area contributed by atoms with E-state index in [1.54, 1.807) is 36.1 Å².